The molecule has 1 heterocycles. The number of nitrogens with one attached hydrogen (secondary N) is 2. The number of aliphatic imine (C=N–C) groups is 1. The van der Waals surface area contributed by atoms with E-state index in [1.54, 1.807) is 18.4 Å². The molecule has 6 nitrogen and oxygen atoms in total. The first kappa shape index (κ1) is 39.2. The van der Waals surface area contributed by atoms with E-state index in [1.165, 1.54) is 19.1 Å². The highest BCUT2D eigenvalue weighted by atomic mass is 19.1. The number of hydrogen-bond acceptors (Lipinski definition) is 6. The first-order chi connectivity index (χ1) is 20.6. The van der Waals surface area contributed by atoms with Crippen molar-refractivity contribution in [2.45, 2.75) is 52.5 Å². The predicted molar refractivity (Wildman–Crippen MR) is 185 cm³/mol. The van der Waals surface area contributed by atoms with Crippen molar-refractivity contribution in [3.8, 4) is 0 Å². The van der Waals surface area contributed by atoms with Crippen LogP contribution in [0.5, 0.6) is 0 Å². The summed E-state index contributed by atoms with van der Waals surface area (Å²) in [6, 6.07) is 0. The van der Waals surface area contributed by atoms with Gasteiger partial charge in [-0.1, -0.05) is 63.5 Å². The van der Waals surface area contributed by atoms with Crippen molar-refractivity contribution in [3.05, 3.63) is 121 Å². The van der Waals surface area contributed by atoms with Crippen molar-refractivity contribution in [2.75, 3.05) is 27.7 Å². The van der Waals surface area contributed by atoms with Crippen molar-refractivity contribution in [3.63, 3.8) is 0 Å². The van der Waals surface area contributed by atoms with Crippen molar-refractivity contribution < 1.29 is 9.18 Å². The molecule has 4 N–H and O–H groups in total. The van der Waals surface area contributed by atoms with E-state index in [1.807, 2.05) is 76.5 Å². The molecule has 7 heteroatoms. The van der Waals surface area contributed by atoms with Gasteiger partial charge in [0.2, 0.25) is 0 Å². The predicted octanol–water partition coefficient (Wildman–Crippen LogP) is 7.24. The normalized spacial score (nSPS) is 18.1. The summed E-state index contributed by atoms with van der Waals surface area (Å²) in [6.45, 7) is 19.8. The summed E-state index contributed by atoms with van der Waals surface area (Å²) in [5.41, 5.74) is 10.7. The standard InChI is InChI=1S/C24H31FN2O.C10H16N2.C2H7N/c1-6-18(4)22(12-10-16-28)21-11-9-15-27(17-21)23(8-3)24(26)20(7-2)14-13-19(5)25;1-4-5-8-12-9(2)10(11-3)6-7-10;1-3-2/h6,8-14,16-18,22H,1,3,7,15,26H2,2,4-5H3;4-5,8,11H,2,6-7H2,1,3H3;3H,1-2H3/b12-10+,19-13+,20-14+,24-23-;5-4-,12-8?;. The second-order valence-electron chi connectivity index (χ2n) is 10.2. The molecule has 0 radical (unpaired) electrons. The summed E-state index contributed by atoms with van der Waals surface area (Å²) in [6.07, 6.45) is 25.6. The molecular formula is C36H54FN5O. The fourth-order valence-electron chi connectivity index (χ4n) is 4.16. The molecule has 2 rings (SSSR count). The first-order valence-corrected chi connectivity index (χ1v) is 14.7. The van der Waals surface area contributed by atoms with Gasteiger partial charge in [0.15, 0.2) is 0 Å². The Morgan fingerprint density at radius 3 is 2.35 bits per heavy atom. The molecule has 0 bridgehead atoms. The van der Waals surface area contributed by atoms with Crippen LogP contribution in [0.4, 0.5) is 4.39 Å². The van der Waals surface area contributed by atoms with Crippen LogP contribution in [0.1, 0.15) is 47.0 Å². The van der Waals surface area contributed by atoms with Crippen LogP contribution in [0.3, 0.4) is 0 Å². The van der Waals surface area contributed by atoms with Crippen LogP contribution >= 0.6 is 0 Å². The minimum absolute atomic E-state index is 0.0207. The maximum atomic E-state index is 13.1. The smallest absolute Gasteiger partial charge is 0.142 e. The van der Waals surface area contributed by atoms with Crippen LogP contribution in [-0.2, 0) is 4.79 Å². The van der Waals surface area contributed by atoms with Crippen molar-refractivity contribution in [2.24, 2.45) is 22.6 Å². The fraction of sp³-hybridized carbons (Fsp3) is 0.389. The van der Waals surface area contributed by atoms with Gasteiger partial charge in [-0.25, -0.2) is 4.39 Å². The quantitative estimate of drug-likeness (QED) is 0.0652. The van der Waals surface area contributed by atoms with E-state index in [-0.39, 0.29) is 23.2 Å². The Balaban J connectivity index is 0.000000968. The van der Waals surface area contributed by atoms with Crippen LogP contribution in [0.15, 0.2) is 126 Å². The number of nitrogens with zero attached hydrogens (tertiary/aromatic N) is 2. The second kappa shape index (κ2) is 21.8. The zero-order valence-electron chi connectivity index (χ0n) is 27.4. The molecule has 0 aromatic carbocycles. The Morgan fingerprint density at radius 2 is 1.88 bits per heavy atom. The number of hydrogen-bond donors (Lipinski definition) is 3. The van der Waals surface area contributed by atoms with Crippen molar-refractivity contribution >= 4 is 12.5 Å². The summed E-state index contributed by atoms with van der Waals surface area (Å²) in [7, 11) is 5.71. The maximum Gasteiger partial charge on any atom is 0.142 e. The Hall–Kier alpha value is -3.81. The molecule has 0 amide bonds. The van der Waals surface area contributed by atoms with Crippen molar-refractivity contribution in [1.82, 2.24) is 15.5 Å². The maximum absolute atomic E-state index is 13.1. The van der Waals surface area contributed by atoms with E-state index in [0.717, 1.165) is 41.7 Å². The highest BCUT2D eigenvalue weighted by Crippen LogP contribution is 2.41. The Morgan fingerprint density at radius 1 is 1.23 bits per heavy atom. The first-order valence-electron chi connectivity index (χ1n) is 14.7. The lowest BCUT2D eigenvalue weighted by atomic mass is 9.86. The second-order valence-corrected chi connectivity index (χ2v) is 10.2. The van der Waals surface area contributed by atoms with E-state index in [9.17, 15) is 9.18 Å². The van der Waals surface area contributed by atoms with Gasteiger partial charge in [-0.05, 0) is 95.6 Å². The number of aldehydes is 1. The zero-order chi connectivity index (χ0) is 32.8. The lowest BCUT2D eigenvalue weighted by Gasteiger charge is -2.29. The van der Waals surface area contributed by atoms with Gasteiger partial charge in [-0.3, -0.25) is 9.79 Å². The van der Waals surface area contributed by atoms with Gasteiger partial charge >= 0.3 is 0 Å². The minimum Gasteiger partial charge on any atom is -0.397 e. The van der Waals surface area contributed by atoms with E-state index >= 15 is 0 Å². The molecule has 0 saturated heterocycles. The largest absolute Gasteiger partial charge is 0.397 e. The summed E-state index contributed by atoms with van der Waals surface area (Å²) in [4.78, 5) is 17.1. The highest BCUT2D eigenvalue weighted by Gasteiger charge is 2.43. The van der Waals surface area contributed by atoms with Crippen LogP contribution in [0, 0.1) is 11.8 Å². The number of likely N-dealkylation sites (N-methyl/N-ethyl adjacent to an activating group) is 1. The van der Waals surface area contributed by atoms with Gasteiger partial charge in [0.25, 0.3) is 0 Å². The van der Waals surface area contributed by atoms with E-state index in [0.29, 0.717) is 18.7 Å². The lowest BCUT2D eigenvalue weighted by Crippen LogP contribution is -2.28. The molecule has 0 aromatic rings. The SMILES string of the molecule is C=C(N=C/C=C\C)C1(NC)CC1.C=C\C(=C(N)/C(=C/C=C(\C)F)CC)N1C=C(C(/C=C/C=O)C(C)C=C)C=CC1.CNC. The highest BCUT2D eigenvalue weighted by molar-refractivity contribution is 5.72. The molecule has 2 aliphatic rings. The van der Waals surface area contributed by atoms with Gasteiger partial charge in [0.1, 0.15) is 6.29 Å². The van der Waals surface area contributed by atoms with Crippen molar-refractivity contribution in [1.29, 1.82) is 0 Å². The molecule has 1 aliphatic heterocycles. The fourth-order valence-corrected chi connectivity index (χ4v) is 4.16. The van der Waals surface area contributed by atoms with Crippen LogP contribution in [-0.4, -0.2) is 50.6 Å². The Labute approximate surface area is 260 Å². The van der Waals surface area contributed by atoms with Gasteiger partial charge in [0, 0.05) is 24.9 Å². The molecule has 43 heavy (non-hydrogen) atoms. The zero-order valence-corrected chi connectivity index (χ0v) is 27.4. The minimum atomic E-state index is -0.273. The third-order valence-corrected chi connectivity index (χ3v) is 6.95. The van der Waals surface area contributed by atoms with E-state index in [4.69, 9.17) is 5.73 Å². The average Bonchev–Trinajstić information content (AvgIpc) is 3.80. The third-order valence-electron chi connectivity index (χ3n) is 6.95. The number of carbonyl (C=O) groups is 1. The van der Waals surface area contributed by atoms with E-state index < -0.39 is 0 Å². The molecule has 0 spiro atoms. The third kappa shape index (κ3) is 13.8. The van der Waals surface area contributed by atoms with Crippen LogP contribution in [0.25, 0.3) is 0 Å². The molecule has 236 valence electrons. The molecule has 1 fully saturated rings. The molecule has 0 aromatic heterocycles. The Bertz CT molecular complexity index is 1160. The van der Waals surface area contributed by atoms with Gasteiger partial charge < -0.3 is 21.3 Å². The topological polar surface area (TPSA) is 82.8 Å². The van der Waals surface area contributed by atoms with E-state index in [2.05, 4.69) is 48.4 Å². The lowest BCUT2D eigenvalue weighted by molar-refractivity contribution is -0.104. The van der Waals surface area contributed by atoms with Crippen LogP contribution < -0.4 is 16.4 Å². The molecule has 2 unspecified atom stereocenters. The van der Waals surface area contributed by atoms with Crippen LogP contribution in [0.2, 0.25) is 0 Å². The van der Waals surface area contributed by atoms with Gasteiger partial charge in [-0.2, -0.15) is 0 Å². The summed E-state index contributed by atoms with van der Waals surface area (Å²) in [5, 5.41) is 5.99. The van der Waals surface area contributed by atoms with Gasteiger partial charge in [0.05, 0.1) is 28.5 Å². The molecule has 1 saturated carbocycles. The Kier molecular flexibility index (Phi) is 19.9. The summed E-state index contributed by atoms with van der Waals surface area (Å²) < 4.78 is 13.1. The average molecular weight is 592 g/mol. The number of rotatable bonds is 14. The molecular weight excluding hydrogens is 537 g/mol. The van der Waals surface area contributed by atoms with Gasteiger partial charge in [-0.15, -0.1) is 6.58 Å². The summed E-state index contributed by atoms with van der Waals surface area (Å²) in [5.74, 6) is -0.0955. The number of carbonyl (C=O) groups excluding carboxylic acids is 1. The summed E-state index contributed by atoms with van der Waals surface area (Å²) >= 11 is 0. The number of nitrogens with two attached hydrogens (primary N) is 1. The number of allylic oxidation sites excluding steroid dienone is 12. The number of halogens is 1. The molecule has 1 aliphatic carbocycles. The monoisotopic (exact) mass is 591 g/mol. The molecule has 2 atom stereocenters.